The number of hydrogen-bond donors (Lipinski definition) is 0. The van der Waals surface area contributed by atoms with Gasteiger partial charge in [0.25, 0.3) is 0 Å². The van der Waals surface area contributed by atoms with E-state index in [0.29, 0.717) is 12.4 Å². The van der Waals surface area contributed by atoms with Gasteiger partial charge in [0.05, 0.1) is 6.61 Å². The van der Waals surface area contributed by atoms with E-state index in [-0.39, 0.29) is 5.41 Å². The van der Waals surface area contributed by atoms with E-state index in [0.717, 1.165) is 18.8 Å². The maximum Gasteiger partial charge on any atom is 0.513 e. The molecule has 0 aliphatic carbocycles. The first kappa shape index (κ1) is 20.5. The van der Waals surface area contributed by atoms with Gasteiger partial charge in [-0.1, -0.05) is 78.9 Å². The molecule has 0 radical (unpaired) electrons. The lowest BCUT2D eigenvalue weighted by Gasteiger charge is -2.18. The molecule has 0 fully saturated rings. The van der Waals surface area contributed by atoms with Gasteiger partial charge >= 0.3 is 6.16 Å². The molecule has 0 N–H and O–H groups in total. The van der Waals surface area contributed by atoms with E-state index >= 15 is 0 Å². The van der Waals surface area contributed by atoms with Gasteiger partial charge in [0, 0.05) is 0 Å². The van der Waals surface area contributed by atoms with Crippen LogP contribution in [0.2, 0.25) is 0 Å². The molecule has 24 heavy (non-hydrogen) atoms. The van der Waals surface area contributed by atoms with Crippen molar-refractivity contribution >= 4 is 6.16 Å². The van der Waals surface area contributed by atoms with Crippen LogP contribution in [0.15, 0.2) is 24.3 Å². The number of hydrogen-bond acceptors (Lipinski definition) is 3. The van der Waals surface area contributed by atoms with Crippen LogP contribution in [-0.4, -0.2) is 12.8 Å². The van der Waals surface area contributed by atoms with Crippen LogP contribution >= 0.6 is 0 Å². The summed E-state index contributed by atoms with van der Waals surface area (Å²) in [5, 5.41) is 0. The summed E-state index contributed by atoms with van der Waals surface area (Å²) in [6.45, 7) is 11.4. The fourth-order valence-corrected chi connectivity index (χ4v) is 2.49. The quantitative estimate of drug-likeness (QED) is 0.294. The van der Waals surface area contributed by atoms with Crippen LogP contribution < -0.4 is 4.74 Å². The summed E-state index contributed by atoms with van der Waals surface area (Å²) in [7, 11) is 0. The van der Waals surface area contributed by atoms with Gasteiger partial charge in [0.15, 0.2) is 0 Å². The lowest BCUT2D eigenvalue weighted by atomic mass is 9.87. The minimum absolute atomic E-state index is 0.0915. The maximum absolute atomic E-state index is 11.7. The topological polar surface area (TPSA) is 35.5 Å². The van der Waals surface area contributed by atoms with Crippen molar-refractivity contribution in [3.05, 3.63) is 29.8 Å². The summed E-state index contributed by atoms with van der Waals surface area (Å²) in [6, 6.07) is 7.60. The van der Waals surface area contributed by atoms with Crippen LogP contribution in [0.3, 0.4) is 0 Å². The van der Waals surface area contributed by atoms with Crippen LogP contribution in [-0.2, 0) is 10.2 Å². The Morgan fingerprint density at radius 1 is 0.958 bits per heavy atom. The Morgan fingerprint density at radius 2 is 1.54 bits per heavy atom. The monoisotopic (exact) mass is 334 g/mol. The number of carbonyl (C=O) groups excluding carboxylic acids is 1. The SMILES string of the molecule is CC(C)CCCCCCCOC(=O)Oc1ccc(C(C)(C)C)cc1. The average Bonchev–Trinajstić information content (AvgIpc) is 2.49. The third-order valence-electron chi connectivity index (χ3n) is 4.07. The molecule has 3 nitrogen and oxygen atoms in total. The number of carbonyl (C=O) groups is 1. The van der Waals surface area contributed by atoms with E-state index in [2.05, 4.69) is 34.6 Å². The van der Waals surface area contributed by atoms with Crippen molar-refractivity contribution in [2.45, 2.75) is 78.6 Å². The molecule has 0 atom stereocenters. The smallest absolute Gasteiger partial charge is 0.434 e. The molecule has 0 aliphatic heterocycles. The highest BCUT2D eigenvalue weighted by atomic mass is 16.7. The first-order valence-corrected chi connectivity index (χ1v) is 9.24. The van der Waals surface area contributed by atoms with Crippen LogP contribution in [0.4, 0.5) is 4.79 Å². The molecule has 0 saturated carbocycles. The second-order valence-corrected chi connectivity index (χ2v) is 7.93. The summed E-state index contributed by atoms with van der Waals surface area (Å²) < 4.78 is 10.3. The van der Waals surface area contributed by atoms with Gasteiger partial charge in [-0.05, 0) is 35.4 Å². The summed E-state index contributed by atoms with van der Waals surface area (Å²) >= 11 is 0. The molecule has 0 unspecified atom stereocenters. The Labute approximate surface area is 147 Å². The highest BCUT2D eigenvalue weighted by Crippen LogP contribution is 2.24. The molecule has 1 rings (SSSR count). The largest absolute Gasteiger partial charge is 0.513 e. The van der Waals surface area contributed by atoms with Crippen LogP contribution in [0.5, 0.6) is 5.75 Å². The molecular weight excluding hydrogens is 300 g/mol. The summed E-state index contributed by atoms with van der Waals surface area (Å²) in [6.07, 6.45) is 6.47. The Morgan fingerprint density at radius 3 is 2.12 bits per heavy atom. The van der Waals surface area contributed by atoms with E-state index in [9.17, 15) is 4.79 Å². The molecule has 1 aromatic rings. The molecule has 0 saturated heterocycles. The van der Waals surface area contributed by atoms with Crippen molar-refractivity contribution in [2.75, 3.05) is 6.61 Å². The summed E-state index contributed by atoms with van der Waals surface area (Å²) in [4.78, 5) is 11.7. The molecule has 0 aliphatic rings. The minimum Gasteiger partial charge on any atom is -0.434 e. The normalized spacial score (nSPS) is 11.6. The predicted molar refractivity (Wildman–Crippen MR) is 99.7 cm³/mol. The zero-order valence-corrected chi connectivity index (χ0v) is 16.1. The highest BCUT2D eigenvalue weighted by Gasteiger charge is 2.13. The predicted octanol–water partition coefficient (Wildman–Crippen LogP) is 6.50. The van der Waals surface area contributed by atoms with Crippen LogP contribution in [0.1, 0.15) is 78.7 Å². The van der Waals surface area contributed by atoms with Gasteiger partial charge in [0.2, 0.25) is 0 Å². The fraction of sp³-hybridized carbons (Fsp3) is 0.667. The van der Waals surface area contributed by atoms with E-state index < -0.39 is 6.16 Å². The van der Waals surface area contributed by atoms with Crippen molar-refractivity contribution in [3.8, 4) is 5.75 Å². The molecule has 0 amide bonds. The molecule has 0 heterocycles. The van der Waals surface area contributed by atoms with Crippen LogP contribution in [0.25, 0.3) is 0 Å². The molecular formula is C21H34O3. The third kappa shape index (κ3) is 8.95. The number of benzene rings is 1. The number of rotatable bonds is 9. The Bertz CT molecular complexity index is 469. The molecule has 0 spiro atoms. The van der Waals surface area contributed by atoms with Gasteiger partial charge in [-0.2, -0.15) is 0 Å². The zero-order valence-electron chi connectivity index (χ0n) is 16.1. The van der Waals surface area contributed by atoms with E-state index in [1.54, 1.807) is 0 Å². The van der Waals surface area contributed by atoms with Gasteiger partial charge in [-0.15, -0.1) is 0 Å². The Balaban J connectivity index is 2.14. The fourth-order valence-electron chi connectivity index (χ4n) is 2.49. The van der Waals surface area contributed by atoms with Crippen LogP contribution in [0, 0.1) is 5.92 Å². The molecule has 0 aromatic heterocycles. The van der Waals surface area contributed by atoms with E-state index in [1.165, 1.54) is 31.2 Å². The molecule has 136 valence electrons. The second kappa shape index (κ2) is 10.4. The first-order chi connectivity index (χ1) is 11.3. The van der Waals surface area contributed by atoms with E-state index in [4.69, 9.17) is 9.47 Å². The van der Waals surface area contributed by atoms with Crippen molar-refractivity contribution in [2.24, 2.45) is 5.92 Å². The summed E-state index contributed by atoms with van der Waals surface area (Å²) in [5.74, 6) is 1.32. The molecule has 3 heteroatoms. The number of unbranched alkanes of at least 4 members (excludes halogenated alkanes) is 4. The zero-order chi connectivity index (χ0) is 18.0. The lowest BCUT2D eigenvalue weighted by molar-refractivity contribution is 0.0973. The second-order valence-electron chi connectivity index (χ2n) is 7.93. The third-order valence-corrected chi connectivity index (χ3v) is 4.07. The van der Waals surface area contributed by atoms with Crippen molar-refractivity contribution in [1.29, 1.82) is 0 Å². The van der Waals surface area contributed by atoms with E-state index in [1.807, 2.05) is 24.3 Å². The highest BCUT2D eigenvalue weighted by molar-refractivity contribution is 5.63. The Kier molecular flexibility index (Phi) is 8.88. The van der Waals surface area contributed by atoms with Gasteiger partial charge < -0.3 is 9.47 Å². The minimum atomic E-state index is -0.613. The van der Waals surface area contributed by atoms with Crippen molar-refractivity contribution in [3.63, 3.8) is 0 Å². The van der Waals surface area contributed by atoms with Gasteiger partial charge in [0.1, 0.15) is 5.75 Å². The standard InChI is InChI=1S/C21H34O3/c1-17(2)11-9-7-6-8-10-16-23-20(22)24-19-14-12-18(13-15-19)21(3,4)5/h12-15,17H,6-11,16H2,1-5H3. The maximum atomic E-state index is 11.7. The van der Waals surface area contributed by atoms with Crippen molar-refractivity contribution < 1.29 is 14.3 Å². The van der Waals surface area contributed by atoms with Crippen molar-refractivity contribution in [1.82, 2.24) is 0 Å². The number of ether oxygens (including phenoxy) is 2. The van der Waals surface area contributed by atoms with Gasteiger partial charge in [-0.3, -0.25) is 0 Å². The molecule has 0 bridgehead atoms. The van der Waals surface area contributed by atoms with Gasteiger partial charge in [-0.25, -0.2) is 4.79 Å². The first-order valence-electron chi connectivity index (χ1n) is 9.24. The average molecular weight is 335 g/mol. The lowest BCUT2D eigenvalue weighted by Crippen LogP contribution is -2.13. The Hall–Kier alpha value is -1.51. The molecule has 1 aromatic carbocycles. The summed E-state index contributed by atoms with van der Waals surface area (Å²) in [5.41, 5.74) is 1.30.